The van der Waals surface area contributed by atoms with Crippen molar-refractivity contribution >= 4 is 5.97 Å². The summed E-state index contributed by atoms with van der Waals surface area (Å²) in [4.78, 5) is 11.8. The summed E-state index contributed by atoms with van der Waals surface area (Å²) in [6.07, 6.45) is 6.05. The predicted octanol–water partition coefficient (Wildman–Crippen LogP) is 1.85. The summed E-state index contributed by atoms with van der Waals surface area (Å²) >= 11 is 0. The van der Waals surface area contributed by atoms with Crippen molar-refractivity contribution in [2.45, 2.75) is 45.4 Å². The van der Waals surface area contributed by atoms with Crippen molar-refractivity contribution in [1.29, 1.82) is 0 Å². The maximum atomic E-state index is 11.8. The number of hydrogen-bond donors (Lipinski definition) is 1. The molecule has 1 rings (SSSR count). The molecule has 1 saturated carbocycles. The molecule has 82 valence electrons. The van der Waals surface area contributed by atoms with E-state index in [1.54, 1.807) is 0 Å². The van der Waals surface area contributed by atoms with E-state index in [0.717, 1.165) is 38.5 Å². The highest BCUT2D eigenvalue weighted by molar-refractivity contribution is 5.77. The van der Waals surface area contributed by atoms with Crippen LogP contribution in [0.3, 0.4) is 0 Å². The van der Waals surface area contributed by atoms with E-state index in [9.17, 15) is 4.79 Å². The van der Waals surface area contributed by atoms with Gasteiger partial charge in [-0.25, -0.2) is 0 Å². The Morgan fingerprint density at radius 2 is 2.07 bits per heavy atom. The molecule has 2 N–H and O–H groups in total. The van der Waals surface area contributed by atoms with Gasteiger partial charge in [0.1, 0.15) is 0 Å². The molecule has 0 aliphatic heterocycles. The predicted molar refractivity (Wildman–Crippen MR) is 55.8 cm³/mol. The van der Waals surface area contributed by atoms with Crippen molar-refractivity contribution in [3.05, 3.63) is 0 Å². The molecule has 1 aliphatic carbocycles. The lowest BCUT2D eigenvalue weighted by Gasteiger charge is -2.24. The highest BCUT2D eigenvalue weighted by atomic mass is 16.5. The molecule has 3 nitrogen and oxygen atoms in total. The molecule has 0 unspecified atom stereocenters. The van der Waals surface area contributed by atoms with Crippen LogP contribution in [0, 0.1) is 5.41 Å². The summed E-state index contributed by atoms with van der Waals surface area (Å²) < 4.78 is 5.24. The van der Waals surface area contributed by atoms with E-state index in [4.69, 9.17) is 10.5 Å². The fraction of sp³-hybridized carbons (Fsp3) is 0.909. The normalized spacial score (nSPS) is 19.6. The fourth-order valence-electron chi connectivity index (χ4n) is 2.01. The van der Waals surface area contributed by atoms with Crippen LogP contribution in [-0.2, 0) is 9.53 Å². The Bertz CT molecular complexity index is 186. The first-order valence-corrected chi connectivity index (χ1v) is 5.62. The molecule has 0 aromatic carbocycles. The number of ether oxygens (including phenoxy) is 1. The Hall–Kier alpha value is -0.570. The number of unbranched alkanes of at least 4 members (excludes halogenated alkanes) is 1. The lowest BCUT2D eigenvalue weighted by atomic mass is 9.86. The SMILES string of the molecule is CCCCOC(=O)C1(CN)CCCC1. The standard InChI is InChI=1S/C11H21NO2/c1-2-3-8-14-10(13)11(9-12)6-4-5-7-11/h2-9,12H2,1H3. The Labute approximate surface area is 86.0 Å². The molecule has 0 aromatic rings. The van der Waals surface area contributed by atoms with E-state index >= 15 is 0 Å². The zero-order valence-corrected chi connectivity index (χ0v) is 9.05. The van der Waals surface area contributed by atoms with Gasteiger partial charge in [0.2, 0.25) is 0 Å². The van der Waals surface area contributed by atoms with Crippen LogP contribution in [0.5, 0.6) is 0 Å². The van der Waals surface area contributed by atoms with Gasteiger partial charge in [-0.15, -0.1) is 0 Å². The first kappa shape index (κ1) is 11.5. The summed E-state index contributed by atoms with van der Waals surface area (Å²) in [7, 11) is 0. The second-order valence-electron chi connectivity index (χ2n) is 4.18. The first-order valence-electron chi connectivity index (χ1n) is 5.62. The number of carbonyl (C=O) groups is 1. The van der Waals surface area contributed by atoms with E-state index in [0.29, 0.717) is 13.2 Å². The van der Waals surface area contributed by atoms with Gasteiger partial charge >= 0.3 is 5.97 Å². The molecular weight excluding hydrogens is 178 g/mol. The van der Waals surface area contributed by atoms with E-state index in [-0.39, 0.29) is 11.4 Å². The van der Waals surface area contributed by atoms with Crippen molar-refractivity contribution in [3.63, 3.8) is 0 Å². The molecule has 0 spiro atoms. The number of nitrogens with two attached hydrogens (primary N) is 1. The highest BCUT2D eigenvalue weighted by Gasteiger charge is 2.41. The van der Waals surface area contributed by atoms with Crippen LogP contribution in [0.25, 0.3) is 0 Å². The van der Waals surface area contributed by atoms with Crippen molar-refractivity contribution in [1.82, 2.24) is 0 Å². The van der Waals surface area contributed by atoms with Gasteiger partial charge in [0, 0.05) is 6.54 Å². The van der Waals surface area contributed by atoms with E-state index in [1.165, 1.54) is 0 Å². The number of rotatable bonds is 5. The minimum absolute atomic E-state index is 0.0639. The van der Waals surface area contributed by atoms with Gasteiger partial charge in [-0.05, 0) is 19.3 Å². The van der Waals surface area contributed by atoms with Gasteiger partial charge in [-0.1, -0.05) is 26.2 Å². The van der Waals surface area contributed by atoms with Crippen molar-refractivity contribution in [3.8, 4) is 0 Å². The Morgan fingerprint density at radius 3 is 2.57 bits per heavy atom. The zero-order chi connectivity index (χ0) is 10.4. The molecule has 0 heterocycles. The van der Waals surface area contributed by atoms with Gasteiger partial charge in [0.05, 0.1) is 12.0 Å². The van der Waals surface area contributed by atoms with Crippen LogP contribution >= 0.6 is 0 Å². The number of carbonyl (C=O) groups excluding carboxylic acids is 1. The van der Waals surface area contributed by atoms with Crippen LogP contribution in [0.2, 0.25) is 0 Å². The maximum Gasteiger partial charge on any atom is 0.313 e. The molecule has 0 amide bonds. The third-order valence-corrected chi connectivity index (χ3v) is 3.12. The van der Waals surface area contributed by atoms with Gasteiger partial charge in [-0.2, -0.15) is 0 Å². The van der Waals surface area contributed by atoms with Crippen LogP contribution < -0.4 is 5.73 Å². The summed E-state index contributed by atoms with van der Waals surface area (Å²) in [5, 5.41) is 0. The van der Waals surface area contributed by atoms with Crippen molar-refractivity contribution in [2.75, 3.05) is 13.2 Å². The van der Waals surface area contributed by atoms with Crippen LogP contribution in [0.4, 0.5) is 0 Å². The van der Waals surface area contributed by atoms with Gasteiger partial charge in [0.15, 0.2) is 0 Å². The van der Waals surface area contributed by atoms with Gasteiger partial charge in [0.25, 0.3) is 0 Å². The number of esters is 1. The van der Waals surface area contributed by atoms with Crippen molar-refractivity contribution in [2.24, 2.45) is 11.1 Å². The van der Waals surface area contributed by atoms with Crippen molar-refractivity contribution < 1.29 is 9.53 Å². The Kier molecular flexibility index (Phi) is 4.39. The molecule has 1 aliphatic rings. The molecule has 0 radical (unpaired) electrons. The van der Waals surface area contributed by atoms with E-state index in [2.05, 4.69) is 6.92 Å². The Balaban J connectivity index is 2.40. The molecule has 1 fully saturated rings. The lowest BCUT2D eigenvalue weighted by Crippen LogP contribution is -2.37. The second kappa shape index (κ2) is 5.35. The van der Waals surface area contributed by atoms with Crippen LogP contribution in [0.15, 0.2) is 0 Å². The average Bonchev–Trinajstić information content (AvgIpc) is 2.67. The minimum Gasteiger partial charge on any atom is -0.465 e. The molecule has 0 aromatic heterocycles. The minimum atomic E-state index is -0.340. The van der Waals surface area contributed by atoms with Crippen LogP contribution in [0.1, 0.15) is 45.4 Å². The smallest absolute Gasteiger partial charge is 0.313 e. The van der Waals surface area contributed by atoms with E-state index in [1.807, 2.05) is 0 Å². The van der Waals surface area contributed by atoms with Gasteiger partial charge in [-0.3, -0.25) is 4.79 Å². The van der Waals surface area contributed by atoms with Crippen LogP contribution in [-0.4, -0.2) is 19.1 Å². The number of hydrogen-bond acceptors (Lipinski definition) is 3. The zero-order valence-electron chi connectivity index (χ0n) is 9.05. The summed E-state index contributed by atoms with van der Waals surface area (Å²) in [5.41, 5.74) is 5.33. The maximum absolute atomic E-state index is 11.8. The third-order valence-electron chi connectivity index (χ3n) is 3.12. The summed E-state index contributed by atoms with van der Waals surface area (Å²) in [5.74, 6) is -0.0639. The fourth-order valence-corrected chi connectivity index (χ4v) is 2.01. The molecule has 0 atom stereocenters. The molecule has 0 saturated heterocycles. The highest BCUT2D eigenvalue weighted by Crippen LogP contribution is 2.38. The molecule has 14 heavy (non-hydrogen) atoms. The topological polar surface area (TPSA) is 52.3 Å². The molecular formula is C11H21NO2. The second-order valence-corrected chi connectivity index (χ2v) is 4.18. The first-order chi connectivity index (χ1) is 6.75. The Morgan fingerprint density at radius 1 is 1.43 bits per heavy atom. The summed E-state index contributed by atoms with van der Waals surface area (Å²) in [6, 6.07) is 0. The van der Waals surface area contributed by atoms with Gasteiger partial charge < -0.3 is 10.5 Å². The lowest BCUT2D eigenvalue weighted by molar-refractivity contribution is -0.155. The quantitative estimate of drug-likeness (QED) is 0.543. The monoisotopic (exact) mass is 199 g/mol. The largest absolute Gasteiger partial charge is 0.465 e. The molecule has 3 heteroatoms. The average molecular weight is 199 g/mol. The molecule has 0 bridgehead atoms. The van der Waals surface area contributed by atoms with E-state index < -0.39 is 0 Å². The third kappa shape index (κ3) is 2.47. The summed E-state index contributed by atoms with van der Waals surface area (Å²) in [6.45, 7) is 3.08.